The van der Waals surface area contributed by atoms with Crippen molar-refractivity contribution in [3.63, 3.8) is 0 Å². The molecule has 1 heterocycles. The maximum absolute atomic E-state index is 12.7. The van der Waals surface area contributed by atoms with Crippen LogP contribution < -0.4 is 5.32 Å². The van der Waals surface area contributed by atoms with Crippen LogP contribution in [0.15, 0.2) is 53.4 Å². The zero-order chi connectivity index (χ0) is 23.8. The molecule has 0 unspecified atom stereocenters. The van der Waals surface area contributed by atoms with Gasteiger partial charge in [-0.05, 0) is 48.4 Å². The Kier molecular flexibility index (Phi) is 9.05. The summed E-state index contributed by atoms with van der Waals surface area (Å²) in [6.07, 6.45) is 3.55. The van der Waals surface area contributed by atoms with Gasteiger partial charge in [-0.3, -0.25) is 14.5 Å². The number of hydrogen-bond acceptors (Lipinski definition) is 6. The highest BCUT2D eigenvalue weighted by molar-refractivity contribution is 8.26. The van der Waals surface area contributed by atoms with Crippen molar-refractivity contribution in [3.05, 3.63) is 69.6 Å². The molecule has 33 heavy (non-hydrogen) atoms. The molecule has 0 aromatic heterocycles. The number of amides is 2. The summed E-state index contributed by atoms with van der Waals surface area (Å²) in [5.41, 5.74) is 1.70. The lowest BCUT2D eigenvalue weighted by Crippen LogP contribution is -2.31. The molecule has 1 N–H and O–H groups in total. The van der Waals surface area contributed by atoms with Crippen LogP contribution in [0, 0.1) is 0 Å². The standard InChI is InChI=1S/C24H23ClN2O4S2/c1-2-3-14-31-23(30)16-8-10-18(11-9-16)26-21(28)12-13-27-22(29)20(33-24(27)32)15-17-6-4-5-7-19(17)25/h4-11,15H,2-3,12-14H2,1H3,(H,26,28)/b20-15-. The highest BCUT2D eigenvalue weighted by Gasteiger charge is 2.32. The van der Waals surface area contributed by atoms with Crippen molar-refractivity contribution in [3.8, 4) is 0 Å². The Morgan fingerprint density at radius 2 is 1.91 bits per heavy atom. The van der Waals surface area contributed by atoms with E-state index in [9.17, 15) is 14.4 Å². The lowest BCUT2D eigenvalue weighted by Gasteiger charge is -2.14. The van der Waals surface area contributed by atoms with Gasteiger partial charge < -0.3 is 10.1 Å². The average molecular weight is 503 g/mol. The van der Waals surface area contributed by atoms with Gasteiger partial charge in [-0.25, -0.2) is 4.79 Å². The predicted octanol–water partition coefficient (Wildman–Crippen LogP) is 5.53. The number of carbonyl (C=O) groups is 3. The van der Waals surface area contributed by atoms with Crippen LogP contribution in [0.4, 0.5) is 5.69 Å². The number of carbonyl (C=O) groups excluding carboxylic acids is 3. The fourth-order valence-electron chi connectivity index (χ4n) is 2.95. The third-order valence-corrected chi connectivity index (χ3v) is 6.49. The summed E-state index contributed by atoms with van der Waals surface area (Å²) in [5, 5.41) is 3.31. The van der Waals surface area contributed by atoms with Crippen molar-refractivity contribution in [2.75, 3.05) is 18.5 Å². The van der Waals surface area contributed by atoms with Crippen LogP contribution in [-0.4, -0.2) is 40.2 Å². The van der Waals surface area contributed by atoms with Gasteiger partial charge in [0, 0.05) is 23.7 Å². The van der Waals surface area contributed by atoms with Crippen molar-refractivity contribution in [1.82, 2.24) is 4.90 Å². The number of benzene rings is 2. The molecular formula is C24H23ClN2O4S2. The molecule has 1 aliphatic rings. The molecule has 2 aromatic rings. The molecule has 6 nitrogen and oxygen atoms in total. The summed E-state index contributed by atoms with van der Waals surface area (Å²) in [5.74, 6) is -0.901. The molecule has 9 heteroatoms. The van der Waals surface area contributed by atoms with E-state index >= 15 is 0 Å². The number of anilines is 1. The second-order valence-corrected chi connectivity index (χ2v) is 9.30. The third kappa shape index (κ3) is 6.90. The van der Waals surface area contributed by atoms with Crippen LogP contribution in [0.5, 0.6) is 0 Å². The van der Waals surface area contributed by atoms with Gasteiger partial charge in [0.25, 0.3) is 5.91 Å². The van der Waals surface area contributed by atoms with Crippen LogP contribution in [0.2, 0.25) is 5.02 Å². The molecule has 0 atom stereocenters. The van der Waals surface area contributed by atoms with E-state index in [2.05, 4.69) is 5.32 Å². The average Bonchev–Trinajstić information content (AvgIpc) is 3.06. The zero-order valence-corrected chi connectivity index (χ0v) is 20.4. The first kappa shape index (κ1) is 25.0. The Balaban J connectivity index is 1.52. The van der Waals surface area contributed by atoms with Crippen molar-refractivity contribution in [1.29, 1.82) is 0 Å². The third-order valence-electron chi connectivity index (χ3n) is 4.76. The molecule has 0 radical (unpaired) electrons. The predicted molar refractivity (Wildman–Crippen MR) is 136 cm³/mol. The van der Waals surface area contributed by atoms with E-state index in [1.54, 1.807) is 36.4 Å². The first-order valence-electron chi connectivity index (χ1n) is 10.5. The molecule has 1 saturated heterocycles. The van der Waals surface area contributed by atoms with Crippen LogP contribution in [0.3, 0.4) is 0 Å². The normalized spacial score (nSPS) is 14.6. The summed E-state index contributed by atoms with van der Waals surface area (Å²) in [6.45, 7) is 2.57. The second-order valence-electron chi connectivity index (χ2n) is 7.22. The quantitative estimate of drug-likeness (QED) is 0.210. The lowest BCUT2D eigenvalue weighted by molar-refractivity contribution is -0.122. The summed E-state index contributed by atoms with van der Waals surface area (Å²) in [4.78, 5) is 38.9. The number of hydrogen-bond donors (Lipinski definition) is 1. The van der Waals surface area contributed by atoms with E-state index in [1.807, 2.05) is 25.1 Å². The highest BCUT2D eigenvalue weighted by Crippen LogP contribution is 2.33. The first-order chi connectivity index (χ1) is 15.9. The second kappa shape index (κ2) is 12.0. The Morgan fingerprint density at radius 3 is 2.61 bits per heavy atom. The molecule has 172 valence electrons. The smallest absolute Gasteiger partial charge is 0.338 e. The molecule has 2 amide bonds. The van der Waals surface area contributed by atoms with Crippen LogP contribution in [0.25, 0.3) is 6.08 Å². The zero-order valence-electron chi connectivity index (χ0n) is 18.0. The minimum atomic E-state index is -0.388. The van der Waals surface area contributed by atoms with E-state index in [1.165, 1.54) is 16.7 Å². The summed E-state index contributed by atoms with van der Waals surface area (Å²) in [6, 6.07) is 13.7. The molecule has 3 rings (SSSR count). The van der Waals surface area contributed by atoms with Crippen molar-refractivity contribution >= 4 is 69.4 Å². The fraction of sp³-hybridized carbons (Fsp3) is 0.250. The monoisotopic (exact) mass is 502 g/mol. The molecule has 0 spiro atoms. The van der Waals surface area contributed by atoms with Crippen LogP contribution in [0.1, 0.15) is 42.1 Å². The number of nitrogens with zero attached hydrogens (tertiary/aromatic N) is 1. The Bertz CT molecular complexity index is 1090. The number of nitrogens with one attached hydrogen (secondary N) is 1. The number of halogens is 1. The molecule has 0 saturated carbocycles. The Hall–Kier alpha value is -2.68. The number of esters is 1. The van der Waals surface area contributed by atoms with E-state index in [0.29, 0.717) is 32.1 Å². The van der Waals surface area contributed by atoms with E-state index < -0.39 is 0 Å². The van der Waals surface area contributed by atoms with Crippen molar-refractivity contribution < 1.29 is 19.1 Å². The lowest BCUT2D eigenvalue weighted by atomic mass is 10.2. The highest BCUT2D eigenvalue weighted by atomic mass is 35.5. The van der Waals surface area contributed by atoms with Crippen molar-refractivity contribution in [2.45, 2.75) is 26.2 Å². The largest absolute Gasteiger partial charge is 0.462 e. The number of thioether (sulfide) groups is 1. The summed E-state index contributed by atoms with van der Waals surface area (Å²) < 4.78 is 5.57. The summed E-state index contributed by atoms with van der Waals surface area (Å²) in [7, 11) is 0. The van der Waals surface area contributed by atoms with Gasteiger partial charge in [-0.1, -0.05) is 67.1 Å². The minimum absolute atomic E-state index is 0.0760. The van der Waals surface area contributed by atoms with Crippen LogP contribution >= 0.6 is 35.6 Å². The molecule has 1 aliphatic heterocycles. The Morgan fingerprint density at radius 1 is 1.18 bits per heavy atom. The van der Waals surface area contributed by atoms with Gasteiger partial charge in [-0.15, -0.1) is 0 Å². The SMILES string of the molecule is CCCCOC(=O)c1ccc(NC(=O)CCN2C(=O)/C(=C/c3ccccc3Cl)SC2=S)cc1. The topological polar surface area (TPSA) is 75.7 Å². The van der Waals surface area contributed by atoms with Gasteiger partial charge in [0.1, 0.15) is 4.32 Å². The van der Waals surface area contributed by atoms with Crippen LogP contribution in [-0.2, 0) is 14.3 Å². The minimum Gasteiger partial charge on any atom is -0.462 e. The Labute approximate surface area is 207 Å². The maximum atomic E-state index is 12.7. The number of ether oxygens (including phenoxy) is 1. The molecular weight excluding hydrogens is 480 g/mol. The van der Waals surface area contributed by atoms with Crippen molar-refractivity contribution in [2.24, 2.45) is 0 Å². The van der Waals surface area contributed by atoms with Gasteiger partial charge in [0.15, 0.2) is 0 Å². The molecule has 0 bridgehead atoms. The maximum Gasteiger partial charge on any atom is 0.338 e. The molecule has 2 aromatic carbocycles. The number of rotatable bonds is 9. The fourth-order valence-corrected chi connectivity index (χ4v) is 4.43. The summed E-state index contributed by atoms with van der Waals surface area (Å²) >= 11 is 12.7. The van der Waals surface area contributed by atoms with Gasteiger partial charge in [-0.2, -0.15) is 0 Å². The van der Waals surface area contributed by atoms with Gasteiger partial charge >= 0.3 is 5.97 Å². The first-order valence-corrected chi connectivity index (χ1v) is 12.1. The number of thiocarbonyl (C=S) groups is 1. The van der Waals surface area contributed by atoms with Gasteiger partial charge in [0.05, 0.1) is 17.1 Å². The molecule has 0 aliphatic carbocycles. The van der Waals surface area contributed by atoms with E-state index in [0.717, 1.165) is 18.4 Å². The van der Waals surface area contributed by atoms with E-state index in [-0.39, 0.29) is 30.7 Å². The van der Waals surface area contributed by atoms with Gasteiger partial charge in [0.2, 0.25) is 5.91 Å². The molecule has 1 fully saturated rings. The van der Waals surface area contributed by atoms with E-state index in [4.69, 9.17) is 28.6 Å². The number of unbranched alkanes of at least 4 members (excludes halogenated alkanes) is 1.